The third-order valence-corrected chi connectivity index (χ3v) is 4.70. The Hall–Kier alpha value is -2.34. The average Bonchev–Trinajstić information content (AvgIpc) is 2.97. The number of amides is 1. The van der Waals surface area contributed by atoms with E-state index in [1.54, 1.807) is 6.20 Å². The normalized spacial score (nSPS) is 12.3. The number of para-hydroxylation sites is 2. The first-order valence-electron chi connectivity index (χ1n) is 7.50. The number of aromatic amines is 1. The van der Waals surface area contributed by atoms with Gasteiger partial charge in [0.05, 0.1) is 16.3 Å². The van der Waals surface area contributed by atoms with Crippen LogP contribution in [0.15, 0.2) is 47.8 Å². The molecule has 0 aliphatic rings. The molecule has 5 nitrogen and oxygen atoms in total. The van der Waals surface area contributed by atoms with Crippen molar-refractivity contribution in [3.05, 3.63) is 48.2 Å². The second-order valence-electron chi connectivity index (χ2n) is 5.28. The molecule has 0 aliphatic carbocycles. The zero-order chi connectivity index (χ0) is 16.2. The first-order chi connectivity index (χ1) is 11.2. The molecule has 3 aromatic rings. The van der Waals surface area contributed by atoms with Gasteiger partial charge < -0.3 is 10.3 Å². The Balaban J connectivity index is 1.71. The molecular weight excluding hydrogens is 308 g/mol. The van der Waals surface area contributed by atoms with Gasteiger partial charge in [-0.2, -0.15) is 0 Å². The van der Waals surface area contributed by atoms with E-state index in [1.165, 1.54) is 11.8 Å². The van der Waals surface area contributed by atoms with E-state index in [1.807, 2.05) is 50.2 Å². The fourth-order valence-corrected chi connectivity index (χ4v) is 3.11. The van der Waals surface area contributed by atoms with Crippen molar-refractivity contribution in [2.24, 2.45) is 0 Å². The fourth-order valence-electron chi connectivity index (χ4n) is 2.19. The first-order valence-corrected chi connectivity index (χ1v) is 8.38. The Labute approximate surface area is 138 Å². The van der Waals surface area contributed by atoms with Crippen LogP contribution in [0.1, 0.15) is 18.9 Å². The molecule has 1 atom stereocenters. The Morgan fingerprint density at radius 3 is 2.83 bits per heavy atom. The number of H-pyrrole nitrogens is 1. The molecule has 23 heavy (non-hydrogen) atoms. The Bertz CT molecular complexity index is 780. The van der Waals surface area contributed by atoms with Crippen LogP contribution in [0.4, 0.5) is 5.82 Å². The van der Waals surface area contributed by atoms with Crippen LogP contribution in [0.2, 0.25) is 0 Å². The molecule has 0 spiro atoms. The Kier molecular flexibility index (Phi) is 4.62. The zero-order valence-corrected chi connectivity index (χ0v) is 13.9. The summed E-state index contributed by atoms with van der Waals surface area (Å²) in [6, 6.07) is 11.6. The van der Waals surface area contributed by atoms with Crippen molar-refractivity contribution in [2.45, 2.75) is 30.7 Å². The lowest BCUT2D eigenvalue weighted by Gasteiger charge is -2.12. The molecular formula is C17H18N4OS. The number of nitrogens with one attached hydrogen (secondary N) is 2. The van der Waals surface area contributed by atoms with Gasteiger partial charge in [-0.25, -0.2) is 9.97 Å². The van der Waals surface area contributed by atoms with Gasteiger partial charge in [0, 0.05) is 6.20 Å². The molecule has 2 aromatic heterocycles. The maximum absolute atomic E-state index is 12.4. The molecule has 0 saturated heterocycles. The lowest BCUT2D eigenvalue weighted by Crippen LogP contribution is -2.25. The summed E-state index contributed by atoms with van der Waals surface area (Å²) in [5, 5.41) is 3.39. The highest BCUT2D eigenvalue weighted by molar-refractivity contribution is 8.00. The molecule has 0 aliphatic heterocycles. The van der Waals surface area contributed by atoms with Crippen molar-refractivity contribution in [1.82, 2.24) is 15.0 Å². The molecule has 0 radical (unpaired) electrons. The lowest BCUT2D eigenvalue weighted by atomic mass is 10.3. The van der Waals surface area contributed by atoms with Gasteiger partial charge in [-0.1, -0.05) is 36.9 Å². The number of hydrogen-bond donors (Lipinski definition) is 2. The van der Waals surface area contributed by atoms with Crippen LogP contribution in [0.5, 0.6) is 0 Å². The highest BCUT2D eigenvalue weighted by Crippen LogP contribution is 2.26. The molecule has 1 unspecified atom stereocenters. The quantitative estimate of drug-likeness (QED) is 0.700. The molecule has 0 bridgehead atoms. The number of pyridine rings is 1. The summed E-state index contributed by atoms with van der Waals surface area (Å²) >= 11 is 1.44. The van der Waals surface area contributed by atoms with Crippen molar-refractivity contribution in [3.63, 3.8) is 0 Å². The number of rotatable bonds is 5. The van der Waals surface area contributed by atoms with E-state index in [4.69, 9.17) is 0 Å². The van der Waals surface area contributed by atoms with Crippen LogP contribution in [-0.2, 0) is 4.79 Å². The average molecular weight is 326 g/mol. The molecule has 6 heteroatoms. The van der Waals surface area contributed by atoms with E-state index in [0.29, 0.717) is 12.2 Å². The van der Waals surface area contributed by atoms with Gasteiger partial charge in [-0.05, 0) is 37.1 Å². The number of imidazole rings is 1. The van der Waals surface area contributed by atoms with Crippen LogP contribution < -0.4 is 5.32 Å². The van der Waals surface area contributed by atoms with Gasteiger partial charge in [0.2, 0.25) is 5.91 Å². The molecule has 2 heterocycles. The van der Waals surface area contributed by atoms with Gasteiger partial charge in [0.15, 0.2) is 5.16 Å². The highest BCUT2D eigenvalue weighted by atomic mass is 32.2. The van der Waals surface area contributed by atoms with Crippen molar-refractivity contribution in [2.75, 3.05) is 5.32 Å². The first kappa shape index (κ1) is 15.6. The minimum Gasteiger partial charge on any atom is -0.333 e. The number of benzene rings is 1. The number of nitrogens with zero attached hydrogens (tertiary/aromatic N) is 2. The van der Waals surface area contributed by atoms with Gasteiger partial charge in [0.25, 0.3) is 0 Å². The summed E-state index contributed by atoms with van der Waals surface area (Å²) < 4.78 is 0. The molecule has 2 N–H and O–H groups in total. The molecule has 118 valence electrons. The van der Waals surface area contributed by atoms with Gasteiger partial charge in [0.1, 0.15) is 5.82 Å². The fraction of sp³-hybridized carbons (Fsp3) is 0.235. The lowest BCUT2D eigenvalue weighted by molar-refractivity contribution is -0.115. The number of thioether (sulfide) groups is 1. The largest absolute Gasteiger partial charge is 0.333 e. The zero-order valence-electron chi connectivity index (χ0n) is 13.0. The van der Waals surface area contributed by atoms with E-state index >= 15 is 0 Å². The summed E-state index contributed by atoms with van der Waals surface area (Å²) in [4.78, 5) is 24.4. The van der Waals surface area contributed by atoms with Gasteiger partial charge >= 0.3 is 0 Å². The van der Waals surface area contributed by atoms with Gasteiger partial charge in [-0.15, -0.1) is 0 Å². The maximum atomic E-state index is 12.4. The predicted molar refractivity (Wildman–Crippen MR) is 93.6 cm³/mol. The number of hydrogen-bond acceptors (Lipinski definition) is 4. The minimum atomic E-state index is -0.223. The van der Waals surface area contributed by atoms with Gasteiger partial charge in [-0.3, -0.25) is 4.79 Å². The van der Waals surface area contributed by atoms with Crippen LogP contribution in [0.25, 0.3) is 11.0 Å². The summed E-state index contributed by atoms with van der Waals surface area (Å²) in [5.74, 6) is 0.513. The number of aryl methyl sites for hydroxylation is 1. The molecule has 1 aromatic carbocycles. The van der Waals surface area contributed by atoms with E-state index in [0.717, 1.165) is 21.8 Å². The number of carbonyl (C=O) groups is 1. The van der Waals surface area contributed by atoms with Crippen molar-refractivity contribution in [1.29, 1.82) is 0 Å². The van der Waals surface area contributed by atoms with Crippen molar-refractivity contribution < 1.29 is 4.79 Å². The third-order valence-electron chi connectivity index (χ3n) is 3.45. The minimum absolute atomic E-state index is 0.0608. The number of anilines is 1. The smallest absolute Gasteiger partial charge is 0.239 e. The van der Waals surface area contributed by atoms with E-state index in [2.05, 4.69) is 20.3 Å². The summed E-state index contributed by atoms with van der Waals surface area (Å²) in [5.41, 5.74) is 2.95. The highest BCUT2D eigenvalue weighted by Gasteiger charge is 2.20. The molecule has 0 saturated carbocycles. The second-order valence-corrected chi connectivity index (χ2v) is 6.48. The third kappa shape index (κ3) is 3.71. The number of aromatic nitrogens is 3. The number of fused-ring (bicyclic) bond motifs is 1. The predicted octanol–water partition coefficient (Wildman–Crippen LogP) is 3.78. The van der Waals surface area contributed by atoms with E-state index in [9.17, 15) is 4.79 Å². The van der Waals surface area contributed by atoms with E-state index in [-0.39, 0.29) is 11.2 Å². The number of carbonyl (C=O) groups excluding carboxylic acids is 1. The van der Waals surface area contributed by atoms with E-state index < -0.39 is 0 Å². The second kappa shape index (κ2) is 6.83. The summed E-state index contributed by atoms with van der Waals surface area (Å²) in [6.07, 6.45) is 2.45. The summed E-state index contributed by atoms with van der Waals surface area (Å²) in [6.45, 7) is 3.95. The monoisotopic (exact) mass is 326 g/mol. The van der Waals surface area contributed by atoms with Crippen LogP contribution >= 0.6 is 11.8 Å². The maximum Gasteiger partial charge on any atom is 0.239 e. The topological polar surface area (TPSA) is 70.7 Å². The van der Waals surface area contributed by atoms with Crippen LogP contribution in [0.3, 0.4) is 0 Å². The standard InChI is InChI=1S/C17H18N4OS/c1-3-14(16(22)21-15-9-8-11(2)10-18-15)23-17-19-12-6-4-5-7-13(12)20-17/h4-10,14H,3H2,1-2H3,(H,19,20)(H,18,21,22). The molecule has 3 rings (SSSR count). The van der Waals surface area contributed by atoms with Crippen molar-refractivity contribution >= 4 is 34.5 Å². The molecule has 0 fully saturated rings. The Morgan fingerprint density at radius 2 is 2.13 bits per heavy atom. The molecule has 1 amide bonds. The SMILES string of the molecule is CCC(Sc1nc2ccccc2[nH]1)C(=O)Nc1ccc(C)cn1. The van der Waals surface area contributed by atoms with Crippen molar-refractivity contribution in [3.8, 4) is 0 Å². The summed E-state index contributed by atoms with van der Waals surface area (Å²) in [7, 11) is 0. The van der Waals surface area contributed by atoms with Crippen LogP contribution in [0, 0.1) is 6.92 Å². The van der Waals surface area contributed by atoms with Crippen LogP contribution in [-0.4, -0.2) is 26.1 Å². The Morgan fingerprint density at radius 1 is 1.30 bits per heavy atom.